The number of hydrogen-bond acceptors (Lipinski definition) is 4. The van der Waals surface area contributed by atoms with E-state index in [2.05, 4.69) is 26.1 Å². The number of halogens is 2. The summed E-state index contributed by atoms with van der Waals surface area (Å²) >= 11 is 3.21. The summed E-state index contributed by atoms with van der Waals surface area (Å²) in [6.07, 6.45) is 0. The van der Waals surface area contributed by atoms with Crippen LogP contribution in [0.5, 0.6) is 5.75 Å². The van der Waals surface area contributed by atoms with Gasteiger partial charge in [0.25, 0.3) is 5.89 Å². The normalized spacial score (nSPS) is 10.5. The highest BCUT2D eigenvalue weighted by atomic mass is 79.9. The molecule has 0 saturated carbocycles. The van der Waals surface area contributed by atoms with Gasteiger partial charge in [-0.2, -0.15) is 0 Å². The summed E-state index contributed by atoms with van der Waals surface area (Å²) in [4.78, 5) is 0. The molecule has 6 heteroatoms. The number of hydrogen-bond donors (Lipinski definition) is 0. The first-order valence-corrected chi connectivity index (χ1v) is 5.24. The molecule has 1 aromatic carbocycles. The van der Waals surface area contributed by atoms with Gasteiger partial charge in [0, 0.05) is 6.92 Å². The van der Waals surface area contributed by atoms with Crippen LogP contribution in [-0.4, -0.2) is 17.3 Å². The van der Waals surface area contributed by atoms with Crippen molar-refractivity contribution in [2.24, 2.45) is 0 Å². The second kappa shape index (κ2) is 4.21. The number of benzene rings is 1. The Balaban J connectivity index is 2.63. The molecule has 0 aliphatic heterocycles. The highest BCUT2D eigenvalue weighted by molar-refractivity contribution is 9.10. The van der Waals surface area contributed by atoms with Gasteiger partial charge >= 0.3 is 0 Å². The van der Waals surface area contributed by atoms with Gasteiger partial charge in [-0.1, -0.05) is 0 Å². The fourth-order valence-corrected chi connectivity index (χ4v) is 1.93. The fourth-order valence-electron chi connectivity index (χ4n) is 1.33. The zero-order valence-corrected chi connectivity index (χ0v) is 10.2. The zero-order valence-electron chi connectivity index (χ0n) is 8.62. The van der Waals surface area contributed by atoms with Crippen LogP contribution in [-0.2, 0) is 0 Å². The number of ether oxygens (including phenoxy) is 1. The van der Waals surface area contributed by atoms with Gasteiger partial charge in [-0.15, -0.1) is 10.2 Å². The van der Waals surface area contributed by atoms with Gasteiger partial charge in [0.15, 0.2) is 0 Å². The van der Waals surface area contributed by atoms with Gasteiger partial charge in [0.05, 0.1) is 17.1 Å². The predicted octanol–water partition coefficient (Wildman–Crippen LogP) is 2.96. The maximum atomic E-state index is 13.3. The molecule has 84 valence electrons. The van der Waals surface area contributed by atoms with Crippen molar-refractivity contribution >= 4 is 15.9 Å². The Kier molecular flexibility index (Phi) is 2.91. The maximum absolute atomic E-state index is 13.3. The van der Waals surface area contributed by atoms with E-state index in [1.165, 1.54) is 19.2 Å². The molecule has 4 nitrogen and oxygen atoms in total. The summed E-state index contributed by atoms with van der Waals surface area (Å²) in [7, 11) is 1.49. The van der Waals surface area contributed by atoms with Crippen molar-refractivity contribution in [3.8, 4) is 17.2 Å². The van der Waals surface area contributed by atoms with Crippen LogP contribution in [0, 0.1) is 12.7 Å². The van der Waals surface area contributed by atoms with E-state index >= 15 is 0 Å². The standard InChI is InChI=1S/C10H8BrFN2O2/c1-5-13-14-10(16-5)7-3-6(12)4-8(11)9(7)15-2/h3-4H,1-2H3. The molecule has 0 fully saturated rings. The van der Waals surface area contributed by atoms with Gasteiger partial charge in [0.1, 0.15) is 11.6 Å². The van der Waals surface area contributed by atoms with Gasteiger partial charge in [-0.05, 0) is 28.1 Å². The van der Waals surface area contributed by atoms with E-state index in [-0.39, 0.29) is 5.89 Å². The molecule has 0 amide bonds. The molecular weight excluding hydrogens is 279 g/mol. The Morgan fingerprint density at radius 3 is 2.69 bits per heavy atom. The van der Waals surface area contributed by atoms with Gasteiger partial charge < -0.3 is 9.15 Å². The number of aryl methyl sites for hydroxylation is 1. The first kappa shape index (κ1) is 11.1. The van der Waals surface area contributed by atoms with E-state index in [0.29, 0.717) is 21.7 Å². The summed E-state index contributed by atoms with van der Waals surface area (Å²) in [5.41, 5.74) is 0.426. The summed E-state index contributed by atoms with van der Waals surface area (Å²) in [6, 6.07) is 2.60. The minimum Gasteiger partial charge on any atom is -0.495 e. The monoisotopic (exact) mass is 286 g/mol. The summed E-state index contributed by atoms with van der Waals surface area (Å²) in [5.74, 6) is 0.704. The van der Waals surface area contributed by atoms with Crippen molar-refractivity contribution in [3.63, 3.8) is 0 Å². The SMILES string of the molecule is COc1c(Br)cc(F)cc1-c1nnc(C)o1. The van der Waals surface area contributed by atoms with E-state index in [4.69, 9.17) is 9.15 Å². The molecule has 0 bridgehead atoms. The first-order valence-electron chi connectivity index (χ1n) is 4.45. The second-order valence-electron chi connectivity index (χ2n) is 3.09. The lowest BCUT2D eigenvalue weighted by atomic mass is 10.2. The summed E-state index contributed by atoms with van der Waals surface area (Å²) in [6.45, 7) is 1.66. The van der Waals surface area contributed by atoms with E-state index in [0.717, 1.165) is 0 Å². The topological polar surface area (TPSA) is 48.2 Å². The van der Waals surface area contributed by atoms with Gasteiger partial charge in [0.2, 0.25) is 5.89 Å². The quantitative estimate of drug-likeness (QED) is 0.852. The lowest BCUT2D eigenvalue weighted by Crippen LogP contribution is -1.91. The van der Waals surface area contributed by atoms with Crippen LogP contribution in [0.3, 0.4) is 0 Å². The third kappa shape index (κ3) is 1.92. The molecule has 1 aromatic heterocycles. The van der Waals surface area contributed by atoms with E-state index in [9.17, 15) is 4.39 Å². The molecule has 2 rings (SSSR count). The molecule has 16 heavy (non-hydrogen) atoms. The molecule has 2 aromatic rings. The smallest absolute Gasteiger partial charge is 0.251 e. The first-order chi connectivity index (χ1) is 7.61. The Morgan fingerprint density at radius 1 is 1.38 bits per heavy atom. The lowest BCUT2D eigenvalue weighted by molar-refractivity contribution is 0.410. The summed E-state index contributed by atoms with van der Waals surface area (Å²) in [5, 5.41) is 7.51. The molecule has 0 saturated heterocycles. The van der Waals surface area contributed by atoms with Crippen molar-refractivity contribution in [2.45, 2.75) is 6.92 Å². The molecule has 1 heterocycles. The van der Waals surface area contributed by atoms with Crippen LogP contribution < -0.4 is 4.74 Å². The van der Waals surface area contributed by atoms with E-state index in [1.807, 2.05) is 0 Å². The molecule has 0 unspecified atom stereocenters. The van der Waals surface area contributed by atoms with Crippen molar-refractivity contribution in [2.75, 3.05) is 7.11 Å². The van der Waals surface area contributed by atoms with Crippen LogP contribution in [0.15, 0.2) is 21.0 Å². The van der Waals surface area contributed by atoms with Crippen molar-refractivity contribution in [3.05, 3.63) is 28.3 Å². The number of rotatable bonds is 2. The third-order valence-corrected chi connectivity index (χ3v) is 2.56. The maximum Gasteiger partial charge on any atom is 0.251 e. The van der Waals surface area contributed by atoms with Crippen LogP contribution in [0.2, 0.25) is 0 Å². The molecule has 0 aliphatic rings. The highest BCUT2D eigenvalue weighted by Crippen LogP contribution is 2.36. The average Bonchev–Trinajstić information content (AvgIpc) is 2.63. The Labute approximate surface area is 99.6 Å². The Hall–Kier alpha value is -1.43. The van der Waals surface area contributed by atoms with Crippen LogP contribution in [0.25, 0.3) is 11.5 Å². The average molecular weight is 287 g/mol. The molecular formula is C10H8BrFN2O2. The highest BCUT2D eigenvalue weighted by Gasteiger charge is 2.16. The molecule has 0 aliphatic carbocycles. The van der Waals surface area contributed by atoms with Crippen LogP contribution in [0.4, 0.5) is 4.39 Å². The van der Waals surface area contributed by atoms with Crippen LogP contribution >= 0.6 is 15.9 Å². The van der Waals surface area contributed by atoms with Crippen molar-refractivity contribution in [1.82, 2.24) is 10.2 Å². The molecule has 0 atom stereocenters. The fraction of sp³-hybridized carbons (Fsp3) is 0.200. The molecule has 0 radical (unpaired) electrons. The number of methoxy groups -OCH3 is 1. The minimum absolute atomic E-state index is 0.231. The largest absolute Gasteiger partial charge is 0.495 e. The Morgan fingerprint density at radius 2 is 2.12 bits per heavy atom. The summed E-state index contributed by atoms with van der Waals surface area (Å²) < 4.78 is 24.1. The molecule has 0 N–H and O–H groups in total. The van der Waals surface area contributed by atoms with Crippen molar-refractivity contribution in [1.29, 1.82) is 0 Å². The van der Waals surface area contributed by atoms with Crippen molar-refractivity contribution < 1.29 is 13.5 Å². The van der Waals surface area contributed by atoms with E-state index in [1.54, 1.807) is 6.92 Å². The lowest BCUT2D eigenvalue weighted by Gasteiger charge is -2.07. The Bertz CT molecular complexity index is 528. The number of nitrogens with zero attached hydrogens (tertiary/aromatic N) is 2. The third-order valence-electron chi connectivity index (χ3n) is 1.97. The van der Waals surface area contributed by atoms with Crippen LogP contribution in [0.1, 0.15) is 5.89 Å². The molecule has 0 spiro atoms. The van der Waals surface area contributed by atoms with Gasteiger partial charge in [-0.25, -0.2) is 4.39 Å². The zero-order chi connectivity index (χ0) is 11.7. The predicted molar refractivity (Wildman–Crippen MR) is 58.7 cm³/mol. The number of aromatic nitrogens is 2. The van der Waals surface area contributed by atoms with E-state index < -0.39 is 5.82 Å². The van der Waals surface area contributed by atoms with Gasteiger partial charge in [-0.3, -0.25) is 0 Å². The second-order valence-corrected chi connectivity index (χ2v) is 3.95. The minimum atomic E-state index is -0.404.